The number of halogens is 2. The molecule has 1 unspecified atom stereocenters. The van der Waals surface area contributed by atoms with E-state index in [9.17, 15) is 0 Å². The highest BCUT2D eigenvalue weighted by Crippen LogP contribution is 2.28. The second-order valence-electron chi connectivity index (χ2n) is 5.47. The molecule has 0 amide bonds. The van der Waals surface area contributed by atoms with E-state index in [1.165, 1.54) is 5.56 Å². The quantitative estimate of drug-likeness (QED) is 0.811. The van der Waals surface area contributed by atoms with Gasteiger partial charge in [0.25, 0.3) is 0 Å². The molecule has 0 saturated heterocycles. The van der Waals surface area contributed by atoms with Gasteiger partial charge in [0.15, 0.2) is 0 Å². The lowest BCUT2D eigenvalue weighted by atomic mass is 10.1. The van der Waals surface area contributed by atoms with Crippen LogP contribution in [0.25, 0.3) is 0 Å². The molecule has 0 spiro atoms. The van der Waals surface area contributed by atoms with Gasteiger partial charge in [0.2, 0.25) is 0 Å². The van der Waals surface area contributed by atoms with Crippen LogP contribution in [0.3, 0.4) is 0 Å². The van der Waals surface area contributed by atoms with Crippen LogP contribution in [0.15, 0.2) is 42.5 Å². The lowest BCUT2D eigenvalue weighted by molar-refractivity contribution is 0.402. The summed E-state index contributed by atoms with van der Waals surface area (Å²) >= 11 is 12.3. The fraction of sp³-hybridized carbons (Fsp3) is 0.294. The van der Waals surface area contributed by atoms with Crippen LogP contribution in [0.1, 0.15) is 24.1 Å². The van der Waals surface area contributed by atoms with Crippen LogP contribution >= 0.6 is 23.2 Å². The van der Waals surface area contributed by atoms with Crippen LogP contribution in [-0.4, -0.2) is 19.0 Å². The third kappa shape index (κ3) is 4.63. The van der Waals surface area contributed by atoms with Crippen LogP contribution in [0.5, 0.6) is 0 Å². The van der Waals surface area contributed by atoms with Gasteiger partial charge in [-0.15, -0.1) is 0 Å². The Bertz CT molecular complexity index is 594. The number of hydrogen-bond acceptors (Lipinski definition) is 2. The first-order chi connectivity index (χ1) is 9.95. The van der Waals surface area contributed by atoms with Gasteiger partial charge in [0.05, 0.1) is 6.04 Å². The van der Waals surface area contributed by atoms with Crippen LogP contribution in [0.2, 0.25) is 10.0 Å². The monoisotopic (exact) mass is 322 g/mol. The minimum Gasteiger partial charge on any atom is -0.378 e. The van der Waals surface area contributed by atoms with Crippen molar-refractivity contribution in [3.63, 3.8) is 0 Å². The topological polar surface area (TPSA) is 15.3 Å². The summed E-state index contributed by atoms with van der Waals surface area (Å²) in [5.74, 6) is 0. The van der Waals surface area contributed by atoms with Crippen molar-refractivity contribution < 1.29 is 0 Å². The molecule has 0 radical (unpaired) electrons. The number of nitrogens with zero attached hydrogens (tertiary/aromatic N) is 1. The van der Waals surface area contributed by atoms with Crippen molar-refractivity contribution in [3.8, 4) is 0 Å². The van der Waals surface area contributed by atoms with Crippen molar-refractivity contribution in [1.82, 2.24) is 4.90 Å². The van der Waals surface area contributed by atoms with E-state index < -0.39 is 0 Å². The molecule has 0 aliphatic heterocycles. The summed E-state index contributed by atoms with van der Waals surface area (Å²) in [6, 6.07) is 14.1. The zero-order valence-electron chi connectivity index (χ0n) is 12.5. The maximum absolute atomic E-state index is 6.24. The zero-order chi connectivity index (χ0) is 15.4. The summed E-state index contributed by atoms with van der Waals surface area (Å²) in [5.41, 5.74) is 3.36. The standard InChI is InChI=1S/C17H20Cl2N2/c1-12(16-10-14(18)6-9-17(16)19)20-15-7-4-13(5-8-15)11-21(2)3/h4-10,12,20H,11H2,1-3H3. The largest absolute Gasteiger partial charge is 0.378 e. The molecule has 2 aromatic carbocycles. The number of anilines is 1. The van der Waals surface area contributed by atoms with E-state index in [2.05, 4.69) is 55.5 Å². The maximum atomic E-state index is 6.24. The van der Waals surface area contributed by atoms with Crippen molar-refractivity contribution in [2.24, 2.45) is 0 Å². The molecule has 2 aromatic rings. The van der Waals surface area contributed by atoms with Gasteiger partial charge >= 0.3 is 0 Å². The molecular weight excluding hydrogens is 303 g/mol. The molecule has 2 rings (SSSR count). The van der Waals surface area contributed by atoms with E-state index in [1.54, 1.807) is 6.07 Å². The number of rotatable bonds is 5. The molecule has 0 aliphatic carbocycles. The van der Waals surface area contributed by atoms with Gasteiger partial charge in [-0.25, -0.2) is 0 Å². The summed E-state index contributed by atoms with van der Waals surface area (Å²) in [6.07, 6.45) is 0. The number of hydrogen-bond donors (Lipinski definition) is 1. The van der Waals surface area contributed by atoms with Gasteiger partial charge in [-0.05, 0) is 62.5 Å². The number of benzene rings is 2. The van der Waals surface area contributed by atoms with Gasteiger partial charge in [0.1, 0.15) is 0 Å². The molecule has 0 saturated carbocycles. The van der Waals surface area contributed by atoms with Crippen LogP contribution in [-0.2, 0) is 6.54 Å². The highest BCUT2D eigenvalue weighted by Gasteiger charge is 2.10. The Morgan fingerprint density at radius 2 is 1.71 bits per heavy atom. The summed E-state index contributed by atoms with van der Waals surface area (Å²) in [4.78, 5) is 2.15. The van der Waals surface area contributed by atoms with Crippen LogP contribution < -0.4 is 5.32 Å². The van der Waals surface area contributed by atoms with E-state index in [4.69, 9.17) is 23.2 Å². The summed E-state index contributed by atoms with van der Waals surface area (Å²) < 4.78 is 0. The smallest absolute Gasteiger partial charge is 0.0500 e. The molecule has 0 heterocycles. The third-order valence-corrected chi connectivity index (χ3v) is 3.84. The molecule has 0 aliphatic rings. The molecule has 1 N–H and O–H groups in total. The van der Waals surface area contributed by atoms with Crippen molar-refractivity contribution in [3.05, 3.63) is 63.6 Å². The maximum Gasteiger partial charge on any atom is 0.0500 e. The van der Waals surface area contributed by atoms with Gasteiger partial charge in [-0.1, -0.05) is 35.3 Å². The lowest BCUT2D eigenvalue weighted by Crippen LogP contribution is -2.11. The second kappa shape index (κ2) is 7.17. The molecule has 0 aromatic heterocycles. The Hall–Kier alpha value is -1.22. The summed E-state index contributed by atoms with van der Waals surface area (Å²) in [7, 11) is 4.13. The highest BCUT2D eigenvalue weighted by molar-refractivity contribution is 6.33. The third-order valence-electron chi connectivity index (χ3n) is 3.26. The van der Waals surface area contributed by atoms with Crippen molar-refractivity contribution in [1.29, 1.82) is 0 Å². The molecule has 4 heteroatoms. The van der Waals surface area contributed by atoms with E-state index in [1.807, 2.05) is 12.1 Å². The summed E-state index contributed by atoms with van der Waals surface area (Å²) in [5, 5.41) is 4.87. The van der Waals surface area contributed by atoms with Crippen molar-refractivity contribution >= 4 is 28.9 Å². The van der Waals surface area contributed by atoms with Crippen molar-refractivity contribution in [2.75, 3.05) is 19.4 Å². The minimum absolute atomic E-state index is 0.0934. The second-order valence-corrected chi connectivity index (χ2v) is 6.31. The number of nitrogens with one attached hydrogen (secondary N) is 1. The predicted octanol–water partition coefficient (Wildman–Crippen LogP) is 5.23. The summed E-state index contributed by atoms with van der Waals surface area (Å²) in [6.45, 7) is 3.02. The Morgan fingerprint density at radius 3 is 2.33 bits per heavy atom. The van der Waals surface area contributed by atoms with Gasteiger partial charge < -0.3 is 10.2 Å². The first-order valence-electron chi connectivity index (χ1n) is 6.91. The van der Waals surface area contributed by atoms with E-state index in [-0.39, 0.29) is 6.04 Å². The van der Waals surface area contributed by atoms with E-state index in [0.29, 0.717) is 5.02 Å². The Labute approximate surface area is 136 Å². The molecule has 0 bridgehead atoms. The van der Waals surface area contributed by atoms with E-state index >= 15 is 0 Å². The van der Waals surface area contributed by atoms with E-state index in [0.717, 1.165) is 22.8 Å². The normalized spacial score (nSPS) is 12.5. The predicted molar refractivity (Wildman–Crippen MR) is 92.3 cm³/mol. The highest BCUT2D eigenvalue weighted by atomic mass is 35.5. The van der Waals surface area contributed by atoms with Crippen LogP contribution in [0, 0.1) is 0 Å². The van der Waals surface area contributed by atoms with Crippen molar-refractivity contribution in [2.45, 2.75) is 19.5 Å². The van der Waals surface area contributed by atoms with Gasteiger partial charge in [-0.3, -0.25) is 0 Å². The fourth-order valence-electron chi connectivity index (χ4n) is 2.25. The molecule has 21 heavy (non-hydrogen) atoms. The Balaban J connectivity index is 2.08. The average Bonchev–Trinajstić information content (AvgIpc) is 2.43. The first-order valence-corrected chi connectivity index (χ1v) is 7.66. The molecular formula is C17H20Cl2N2. The van der Waals surface area contributed by atoms with Gasteiger partial charge in [0, 0.05) is 22.3 Å². The molecule has 2 nitrogen and oxygen atoms in total. The first kappa shape index (κ1) is 16.2. The Kier molecular flexibility index (Phi) is 5.51. The zero-order valence-corrected chi connectivity index (χ0v) is 14.0. The fourth-order valence-corrected chi connectivity index (χ4v) is 2.71. The molecule has 112 valence electrons. The SMILES string of the molecule is CC(Nc1ccc(CN(C)C)cc1)c1cc(Cl)ccc1Cl. The Morgan fingerprint density at radius 1 is 1.05 bits per heavy atom. The minimum atomic E-state index is 0.0934. The van der Waals surface area contributed by atoms with Gasteiger partial charge in [-0.2, -0.15) is 0 Å². The lowest BCUT2D eigenvalue weighted by Gasteiger charge is -2.18. The molecule has 1 atom stereocenters. The van der Waals surface area contributed by atoms with Crippen LogP contribution in [0.4, 0.5) is 5.69 Å². The molecule has 0 fully saturated rings. The average molecular weight is 323 g/mol.